The van der Waals surface area contributed by atoms with Crippen molar-refractivity contribution in [2.24, 2.45) is 11.8 Å². The molecule has 0 saturated carbocycles. The summed E-state index contributed by atoms with van der Waals surface area (Å²) >= 11 is 0. The number of Topliss-reactive ketones (excluding diaryl/α,β-unsaturated/α-hetero) is 1. The molecule has 0 radical (unpaired) electrons. The lowest BCUT2D eigenvalue weighted by molar-refractivity contribution is -0.144. The van der Waals surface area contributed by atoms with E-state index in [1.165, 1.54) is 11.0 Å². The Bertz CT molecular complexity index is 1480. The van der Waals surface area contributed by atoms with Crippen molar-refractivity contribution in [2.45, 2.75) is 142 Å². The Morgan fingerprint density at radius 2 is 1.28 bits per heavy atom. The number of nitrogens with zero attached hydrogens (tertiary/aromatic N) is 1. The molecule has 7 amide bonds. The molecular formula is C38H61N7O12. The van der Waals surface area contributed by atoms with Crippen LogP contribution in [0.1, 0.15) is 106 Å². The number of amides is 7. The van der Waals surface area contributed by atoms with Gasteiger partial charge in [-0.05, 0) is 56.8 Å². The van der Waals surface area contributed by atoms with Crippen LogP contribution >= 0.6 is 0 Å². The Labute approximate surface area is 333 Å². The van der Waals surface area contributed by atoms with E-state index in [0.717, 1.165) is 6.92 Å². The van der Waals surface area contributed by atoms with Crippen LogP contribution in [0.4, 0.5) is 0 Å². The van der Waals surface area contributed by atoms with Gasteiger partial charge in [-0.2, -0.15) is 0 Å². The molecule has 1 rings (SSSR count). The molecule has 0 bridgehead atoms. The van der Waals surface area contributed by atoms with Crippen LogP contribution in [0.15, 0.2) is 12.7 Å². The van der Waals surface area contributed by atoms with Gasteiger partial charge in [0.1, 0.15) is 30.2 Å². The van der Waals surface area contributed by atoms with E-state index in [-0.39, 0.29) is 44.7 Å². The monoisotopic (exact) mass is 807 g/mol. The molecule has 1 saturated heterocycles. The highest BCUT2D eigenvalue weighted by Crippen LogP contribution is 2.21. The minimum Gasteiger partial charge on any atom is -0.481 e. The Kier molecular flexibility index (Phi) is 21.8. The van der Waals surface area contributed by atoms with Crippen molar-refractivity contribution in [3.05, 3.63) is 12.7 Å². The molecule has 0 aromatic carbocycles. The fraction of sp³-hybridized carbons (Fsp3) is 0.684. The zero-order valence-electron chi connectivity index (χ0n) is 33.8. The Morgan fingerprint density at radius 1 is 0.719 bits per heavy atom. The lowest BCUT2D eigenvalue weighted by Crippen LogP contribution is -2.60. The Morgan fingerprint density at radius 3 is 1.79 bits per heavy atom. The summed E-state index contributed by atoms with van der Waals surface area (Å²) in [6.07, 6.45) is 1.67. The Balaban J connectivity index is 3.31. The molecule has 0 aromatic heterocycles. The van der Waals surface area contributed by atoms with E-state index in [1.54, 1.807) is 20.8 Å². The topological polar surface area (TPSA) is 287 Å². The van der Waals surface area contributed by atoms with Gasteiger partial charge in [0.05, 0.1) is 6.04 Å². The molecule has 57 heavy (non-hydrogen) atoms. The largest absolute Gasteiger partial charge is 0.481 e. The van der Waals surface area contributed by atoms with Crippen LogP contribution in [-0.2, 0) is 47.9 Å². The highest BCUT2D eigenvalue weighted by Gasteiger charge is 2.40. The second kappa shape index (κ2) is 25.0. The van der Waals surface area contributed by atoms with Crippen molar-refractivity contribution in [1.29, 1.82) is 0 Å². The molecule has 320 valence electrons. The highest BCUT2D eigenvalue weighted by atomic mass is 16.4. The van der Waals surface area contributed by atoms with Crippen LogP contribution in [0.3, 0.4) is 0 Å². The average molecular weight is 808 g/mol. The maximum atomic E-state index is 14.1. The number of hydrogen-bond acceptors (Lipinski definition) is 10. The van der Waals surface area contributed by atoms with E-state index in [0.29, 0.717) is 19.3 Å². The number of carboxylic acid groups (broad SMARTS) is 2. The first-order valence-electron chi connectivity index (χ1n) is 19.4. The van der Waals surface area contributed by atoms with Gasteiger partial charge in [0.15, 0.2) is 0 Å². The third-order valence-corrected chi connectivity index (χ3v) is 9.19. The molecule has 19 heteroatoms. The smallest absolute Gasteiger partial charge is 0.303 e. The fourth-order valence-corrected chi connectivity index (χ4v) is 6.14. The van der Waals surface area contributed by atoms with Crippen LogP contribution in [0.25, 0.3) is 0 Å². The summed E-state index contributed by atoms with van der Waals surface area (Å²) in [4.78, 5) is 129. The summed E-state index contributed by atoms with van der Waals surface area (Å²) in [5.41, 5.74) is 0. The van der Waals surface area contributed by atoms with Crippen molar-refractivity contribution in [1.82, 2.24) is 36.8 Å². The number of likely N-dealkylation sites (tertiary alicyclic amines) is 1. The molecule has 6 atom stereocenters. The first-order valence-corrected chi connectivity index (χ1v) is 19.4. The minimum atomic E-state index is -1.51. The lowest BCUT2D eigenvalue weighted by Gasteiger charge is -2.32. The van der Waals surface area contributed by atoms with E-state index in [4.69, 9.17) is 5.11 Å². The van der Waals surface area contributed by atoms with Gasteiger partial charge in [-0.25, -0.2) is 0 Å². The normalized spacial score (nSPS) is 16.3. The molecule has 8 N–H and O–H groups in total. The molecule has 1 heterocycles. The predicted octanol–water partition coefficient (Wildman–Crippen LogP) is -0.0855. The van der Waals surface area contributed by atoms with Gasteiger partial charge in [0, 0.05) is 32.9 Å². The first-order chi connectivity index (χ1) is 26.7. The maximum absolute atomic E-state index is 14.1. The summed E-state index contributed by atoms with van der Waals surface area (Å²) in [5.74, 6) is -9.18. The third kappa shape index (κ3) is 17.5. The van der Waals surface area contributed by atoms with Crippen molar-refractivity contribution in [2.75, 3.05) is 13.1 Å². The average Bonchev–Trinajstić information content (AvgIpc) is 3.63. The molecular weight excluding hydrogens is 746 g/mol. The Hall–Kier alpha value is -5.36. The van der Waals surface area contributed by atoms with Gasteiger partial charge in [-0.3, -0.25) is 47.9 Å². The third-order valence-electron chi connectivity index (χ3n) is 9.19. The summed E-state index contributed by atoms with van der Waals surface area (Å²) in [7, 11) is 0. The summed E-state index contributed by atoms with van der Waals surface area (Å²) in [6, 6.07) is -7.41. The van der Waals surface area contributed by atoms with Gasteiger partial charge < -0.3 is 47.0 Å². The van der Waals surface area contributed by atoms with Crippen LogP contribution < -0.4 is 31.9 Å². The van der Waals surface area contributed by atoms with Gasteiger partial charge in [0.2, 0.25) is 41.2 Å². The summed E-state index contributed by atoms with van der Waals surface area (Å²) < 4.78 is 0. The van der Waals surface area contributed by atoms with Crippen LogP contribution in [0.2, 0.25) is 0 Å². The van der Waals surface area contributed by atoms with Gasteiger partial charge >= 0.3 is 11.9 Å². The molecule has 1 unspecified atom stereocenters. The van der Waals surface area contributed by atoms with Crippen LogP contribution in [0, 0.1) is 11.8 Å². The molecule has 1 aliphatic heterocycles. The number of carbonyl (C=O) groups is 10. The number of hydrogen-bond donors (Lipinski definition) is 8. The predicted molar refractivity (Wildman–Crippen MR) is 206 cm³/mol. The van der Waals surface area contributed by atoms with E-state index in [1.807, 2.05) is 13.8 Å². The molecule has 1 fully saturated rings. The zero-order valence-corrected chi connectivity index (χ0v) is 33.8. The van der Waals surface area contributed by atoms with E-state index >= 15 is 0 Å². The maximum Gasteiger partial charge on any atom is 0.303 e. The zero-order chi connectivity index (χ0) is 43.4. The van der Waals surface area contributed by atoms with Crippen molar-refractivity contribution >= 4 is 59.1 Å². The lowest BCUT2D eigenvalue weighted by atomic mass is 9.99. The van der Waals surface area contributed by atoms with Gasteiger partial charge in [-0.1, -0.05) is 47.1 Å². The highest BCUT2D eigenvalue weighted by molar-refractivity contribution is 6.38. The van der Waals surface area contributed by atoms with Crippen molar-refractivity contribution < 1.29 is 58.2 Å². The van der Waals surface area contributed by atoms with E-state index < -0.39 is 121 Å². The molecule has 19 nitrogen and oxygen atoms in total. The van der Waals surface area contributed by atoms with Gasteiger partial charge in [0.25, 0.3) is 5.91 Å². The summed E-state index contributed by atoms with van der Waals surface area (Å²) in [5, 5.41) is 33.4. The molecule has 1 aliphatic rings. The van der Waals surface area contributed by atoms with E-state index in [2.05, 4.69) is 38.5 Å². The number of ketones is 1. The van der Waals surface area contributed by atoms with Crippen molar-refractivity contribution in [3.63, 3.8) is 0 Å². The first kappa shape index (κ1) is 49.7. The number of carboxylic acids is 2. The van der Waals surface area contributed by atoms with E-state index in [9.17, 15) is 53.1 Å². The van der Waals surface area contributed by atoms with Crippen molar-refractivity contribution in [3.8, 4) is 0 Å². The number of aliphatic carboxylic acids is 2. The number of nitrogens with one attached hydrogen (secondary N) is 6. The second-order valence-electron chi connectivity index (χ2n) is 14.8. The molecule has 0 spiro atoms. The quantitative estimate of drug-likeness (QED) is 0.0421. The molecule has 0 aliphatic carbocycles. The second-order valence-corrected chi connectivity index (χ2v) is 14.8. The fourth-order valence-electron chi connectivity index (χ4n) is 6.14. The summed E-state index contributed by atoms with van der Waals surface area (Å²) in [6.45, 7) is 13.7. The minimum absolute atomic E-state index is 0.0610. The van der Waals surface area contributed by atoms with Crippen LogP contribution in [-0.4, -0.2) is 124 Å². The molecule has 0 aromatic rings. The van der Waals surface area contributed by atoms with Crippen LogP contribution in [0.5, 0.6) is 0 Å². The SMILES string of the molecule is C=CCNC(=O)C(=O)C(CCC)NC(=O)[C@@H]1CCCN1C(=O)[C@H](CCC(C)C)NC(=O)[C@@H](NC(=O)[C@H](CCC(=O)O)NC(=O)[C@H](CCC(=O)O)NC(C)=O)C(C)C. The number of rotatable bonds is 26. The van der Waals surface area contributed by atoms with Gasteiger partial charge in [-0.15, -0.1) is 6.58 Å². The number of carbonyl (C=O) groups excluding carboxylic acids is 8. The standard InChI is InChI=1S/C38H61N7O12/c1-8-11-24(32(51)37(56)39-19-9-2)41-35(54)28-12-10-20-45(28)38(57)27(14-13-21(3)4)43-36(55)31(22(5)6)44-34(53)26(16-18-30(49)50)42-33(52)25(40-23(7)46)15-17-29(47)48/h9,21-22,24-28,31H,2,8,10-20H2,1,3-7H3,(H,39,56)(H,40,46)(H,41,54)(H,42,52)(H,43,55)(H,44,53)(H,47,48)(H,49,50)/t24?,25-,26-,27-,28-,31-/m0/s1.